The highest BCUT2D eigenvalue weighted by Crippen LogP contribution is 2.37. The van der Waals surface area contributed by atoms with E-state index in [0.29, 0.717) is 5.17 Å². The number of carbonyl (C=O) groups is 1. The fourth-order valence-electron chi connectivity index (χ4n) is 4.64. The Morgan fingerprint density at radius 3 is 2.80 bits per heavy atom. The number of hydrogen-bond donors (Lipinski definition) is 3. The van der Waals surface area contributed by atoms with Gasteiger partial charge in [0, 0.05) is 12.4 Å². The monoisotopic (exact) mass is 502 g/mol. The molecule has 0 aliphatic carbocycles. The van der Waals surface area contributed by atoms with Gasteiger partial charge < -0.3 is 15.2 Å². The highest BCUT2D eigenvalue weighted by Gasteiger charge is 2.44. The van der Waals surface area contributed by atoms with E-state index < -0.39 is 17.6 Å². The Kier molecular flexibility index (Phi) is 6.14. The summed E-state index contributed by atoms with van der Waals surface area (Å²) >= 11 is 1.18. The Labute approximate surface area is 205 Å². The van der Waals surface area contributed by atoms with Crippen LogP contribution in [0.1, 0.15) is 34.7 Å². The van der Waals surface area contributed by atoms with E-state index >= 15 is 0 Å². The van der Waals surface area contributed by atoms with Crippen molar-refractivity contribution in [2.24, 2.45) is 5.10 Å². The highest BCUT2D eigenvalue weighted by atomic mass is 32.2. The van der Waals surface area contributed by atoms with Gasteiger partial charge in [0.25, 0.3) is 0 Å². The lowest BCUT2D eigenvalue weighted by Crippen LogP contribution is -2.54. The number of alkyl halides is 3. The van der Waals surface area contributed by atoms with Crippen molar-refractivity contribution >= 4 is 28.5 Å². The van der Waals surface area contributed by atoms with Crippen LogP contribution in [0.5, 0.6) is 0 Å². The first kappa shape index (κ1) is 23.6. The summed E-state index contributed by atoms with van der Waals surface area (Å²) in [6, 6.07) is 11.7. The first-order valence-electron chi connectivity index (χ1n) is 11.2. The van der Waals surface area contributed by atoms with Gasteiger partial charge in [0.2, 0.25) is 5.91 Å². The lowest BCUT2D eigenvalue weighted by molar-refractivity contribution is -0.137. The molecule has 0 spiro atoms. The summed E-state index contributed by atoms with van der Waals surface area (Å²) in [6.45, 7) is 4.19. The average molecular weight is 503 g/mol. The maximum atomic E-state index is 13.2. The molecule has 2 aromatic rings. The van der Waals surface area contributed by atoms with Crippen LogP contribution in [-0.2, 0) is 11.0 Å². The molecule has 1 amide bonds. The molecule has 3 N–H and O–H groups in total. The van der Waals surface area contributed by atoms with Gasteiger partial charge in [-0.25, -0.2) is 5.43 Å². The number of hydrazine groups is 1. The molecule has 0 bridgehead atoms. The highest BCUT2D eigenvalue weighted by molar-refractivity contribution is 8.14. The second-order valence-corrected chi connectivity index (χ2v) is 9.75. The van der Waals surface area contributed by atoms with E-state index in [-0.39, 0.29) is 29.7 Å². The maximum Gasteiger partial charge on any atom is 0.418 e. The number of amidine groups is 1. The summed E-state index contributed by atoms with van der Waals surface area (Å²) in [5, 5.41) is 9.45. The largest absolute Gasteiger partial charge is 0.418 e. The number of benzene rings is 2. The molecule has 3 heterocycles. The Bertz CT molecular complexity index is 1200. The quantitative estimate of drug-likeness (QED) is 0.579. The molecule has 184 valence electrons. The molecular formula is C24H25F3N6OS. The van der Waals surface area contributed by atoms with E-state index in [4.69, 9.17) is 0 Å². The van der Waals surface area contributed by atoms with Crippen LogP contribution in [-0.4, -0.2) is 38.9 Å². The maximum absolute atomic E-state index is 13.2. The summed E-state index contributed by atoms with van der Waals surface area (Å²) in [4.78, 5) is 14.4. The number of rotatable bonds is 4. The smallest absolute Gasteiger partial charge is 0.325 e. The van der Waals surface area contributed by atoms with Gasteiger partial charge in [0.05, 0.1) is 29.1 Å². The van der Waals surface area contributed by atoms with Crippen LogP contribution in [0.4, 0.5) is 18.9 Å². The van der Waals surface area contributed by atoms with Crippen molar-refractivity contribution in [1.29, 1.82) is 0 Å². The number of hydrogen-bond acceptors (Lipinski definition) is 7. The molecular weight excluding hydrogens is 477 g/mol. The van der Waals surface area contributed by atoms with E-state index in [1.54, 1.807) is 0 Å². The number of carbonyl (C=O) groups excluding carboxylic acids is 1. The molecule has 3 unspecified atom stereocenters. The molecule has 3 aliphatic heterocycles. The van der Waals surface area contributed by atoms with E-state index in [2.05, 4.69) is 58.3 Å². The first-order valence-corrected chi connectivity index (χ1v) is 12.2. The number of fused-ring (bicyclic) bond motifs is 3. The summed E-state index contributed by atoms with van der Waals surface area (Å²) in [6.07, 6.45) is 0.0554. The SMILES string of the molecule is Cc1ccc(C)c(C2CC3C4NN=C(SCC(=O)Nc5ccccc5C(F)(F)F)N4C=CN3N2)c1. The third kappa shape index (κ3) is 4.70. The molecule has 35 heavy (non-hydrogen) atoms. The predicted octanol–water partition coefficient (Wildman–Crippen LogP) is 4.30. The zero-order valence-corrected chi connectivity index (χ0v) is 20.0. The molecule has 3 atom stereocenters. The summed E-state index contributed by atoms with van der Waals surface area (Å²) < 4.78 is 39.6. The first-order chi connectivity index (χ1) is 16.7. The molecule has 1 fully saturated rings. The second kappa shape index (κ2) is 9.12. The zero-order valence-electron chi connectivity index (χ0n) is 19.1. The van der Waals surface area contributed by atoms with Crippen LogP contribution in [0.2, 0.25) is 0 Å². The van der Waals surface area contributed by atoms with Gasteiger partial charge in [0.1, 0.15) is 6.17 Å². The third-order valence-corrected chi connectivity index (χ3v) is 7.32. The van der Waals surface area contributed by atoms with Crippen molar-refractivity contribution in [2.75, 3.05) is 11.1 Å². The minimum atomic E-state index is -4.54. The van der Waals surface area contributed by atoms with Crippen molar-refractivity contribution in [1.82, 2.24) is 20.8 Å². The lowest BCUT2D eigenvalue weighted by atomic mass is 9.95. The van der Waals surface area contributed by atoms with Crippen LogP contribution in [0, 0.1) is 13.8 Å². The molecule has 11 heteroatoms. The minimum Gasteiger partial charge on any atom is -0.325 e. The van der Waals surface area contributed by atoms with E-state index in [0.717, 1.165) is 12.5 Å². The van der Waals surface area contributed by atoms with Crippen molar-refractivity contribution in [3.63, 3.8) is 0 Å². The van der Waals surface area contributed by atoms with E-state index in [1.165, 1.54) is 46.7 Å². The standard InChI is InChI=1S/C24H25F3N6OS/c1-14-7-8-15(2)16(11-14)19-12-20-22-29-30-23(32(22)9-10-33(20)31-19)35-13-21(34)28-18-6-4-3-5-17(18)24(25,26)27/h3-11,19-20,22,29,31H,12-13H2,1-2H3,(H,28,34). The second-order valence-electron chi connectivity index (χ2n) is 8.81. The van der Waals surface area contributed by atoms with Crippen LogP contribution >= 0.6 is 11.8 Å². The number of hydrazone groups is 1. The lowest BCUT2D eigenvalue weighted by Gasteiger charge is -2.36. The Morgan fingerprint density at radius 2 is 2.00 bits per heavy atom. The molecule has 0 radical (unpaired) electrons. The van der Waals surface area contributed by atoms with Crippen molar-refractivity contribution in [3.05, 3.63) is 77.1 Å². The fraction of sp³-hybridized carbons (Fsp3) is 0.333. The van der Waals surface area contributed by atoms with Gasteiger partial charge in [-0.15, -0.1) is 0 Å². The molecule has 2 aromatic carbocycles. The molecule has 0 aromatic heterocycles. The van der Waals surface area contributed by atoms with Gasteiger partial charge in [0.15, 0.2) is 5.17 Å². The molecule has 1 saturated heterocycles. The molecule has 0 saturated carbocycles. The third-order valence-electron chi connectivity index (χ3n) is 6.35. The predicted molar refractivity (Wildman–Crippen MR) is 130 cm³/mol. The minimum absolute atomic E-state index is 0.0679. The van der Waals surface area contributed by atoms with Crippen molar-refractivity contribution in [2.45, 2.75) is 44.7 Å². The van der Waals surface area contributed by atoms with Crippen LogP contribution in [0.3, 0.4) is 0 Å². The van der Waals surface area contributed by atoms with Gasteiger partial charge in [-0.05, 0) is 43.5 Å². The average Bonchev–Trinajstić information content (AvgIpc) is 3.43. The van der Waals surface area contributed by atoms with E-state index in [9.17, 15) is 18.0 Å². The number of thioether (sulfide) groups is 1. The number of amides is 1. The zero-order chi connectivity index (χ0) is 24.7. The van der Waals surface area contributed by atoms with Crippen LogP contribution in [0.15, 0.2) is 60.0 Å². The summed E-state index contributed by atoms with van der Waals surface area (Å²) in [5.74, 6) is -0.598. The summed E-state index contributed by atoms with van der Waals surface area (Å²) in [5.41, 5.74) is 9.32. The number of anilines is 1. The van der Waals surface area contributed by atoms with Gasteiger partial charge in [-0.3, -0.25) is 10.2 Å². The van der Waals surface area contributed by atoms with Crippen LogP contribution in [0.25, 0.3) is 0 Å². The fourth-order valence-corrected chi connectivity index (χ4v) is 5.42. The molecule has 3 aliphatic rings. The number of nitrogens with zero attached hydrogens (tertiary/aromatic N) is 3. The van der Waals surface area contributed by atoms with Gasteiger partial charge in [-0.2, -0.15) is 18.3 Å². The number of para-hydroxylation sites is 1. The van der Waals surface area contributed by atoms with E-state index in [1.807, 2.05) is 17.3 Å². The Morgan fingerprint density at radius 1 is 1.20 bits per heavy atom. The van der Waals surface area contributed by atoms with Crippen LogP contribution < -0.4 is 16.2 Å². The number of nitrogens with one attached hydrogen (secondary N) is 3. The molecule has 5 rings (SSSR count). The Balaban J connectivity index is 1.20. The molecule has 7 nitrogen and oxygen atoms in total. The van der Waals surface area contributed by atoms with Gasteiger partial charge >= 0.3 is 6.18 Å². The van der Waals surface area contributed by atoms with Crippen molar-refractivity contribution < 1.29 is 18.0 Å². The van der Waals surface area contributed by atoms with Crippen molar-refractivity contribution in [3.8, 4) is 0 Å². The topological polar surface area (TPSA) is 72.0 Å². The number of aryl methyl sites for hydroxylation is 2. The van der Waals surface area contributed by atoms with Gasteiger partial charge in [-0.1, -0.05) is 47.7 Å². The normalized spacial score (nSPS) is 23.0. The summed E-state index contributed by atoms with van der Waals surface area (Å²) in [7, 11) is 0. The number of halogens is 3. The Hall–Kier alpha value is -3.18.